The van der Waals surface area contributed by atoms with E-state index in [-0.39, 0.29) is 0 Å². The van der Waals surface area contributed by atoms with E-state index >= 15 is 0 Å². The van der Waals surface area contributed by atoms with Crippen LogP contribution in [-0.4, -0.2) is 20.0 Å². The molecule has 7 heteroatoms. The van der Waals surface area contributed by atoms with E-state index in [1.807, 2.05) is 29.8 Å². The van der Waals surface area contributed by atoms with Crippen molar-refractivity contribution in [3.63, 3.8) is 0 Å². The zero-order valence-corrected chi connectivity index (χ0v) is 11.3. The highest BCUT2D eigenvalue weighted by atomic mass is 32.1. The monoisotopic (exact) mass is 277 g/mol. The zero-order chi connectivity index (χ0) is 12.5. The largest absolute Gasteiger partial charge is 0.325 e. The zero-order valence-electron chi connectivity index (χ0n) is 9.70. The highest BCUT2D eigenvalue weighted by Gasteiger charge is 2.17. The lowest BCUT2D eigenvalue weighted by molar-refractivity contribution is 0.793. The van der Waals surface area contributed by atoms with Crippen molar-refractivity contribution >= 4 is 22.7 Å². The van der Waals surface area contributed by atoms with Gasteiger partial charge in [0.05, 0.1) is 10.6 Å². The summed E-state index contributed by atoms with van der Waals surface area (Å²) in [6, 6.07) is 4.05. The van der Waals surface area contributed by atoms with Gasteiger partial charge in [0.25, 0.3) is 0 Å². The van der Waals surface area contributed by atoms with E-state index in [0.29, 0.717) is 6.54 Å². The number of aryl methyl sites for hydroxylation is 1. The number of thiophene rings is 1. The van der Waals surface area contributed by atoms with Crippen molar-refractivity contribution in [2.45, 2.75) is 13.5 Å². The lowest BCUT2D eigenvalue weighted by atomic mass is 10.2. The highest BCUT2D eigenvalue weighted by molar-refractivity contribution is 7.13. The SMILES string of the molecule is Cc1csc(-n2nnc(CN)c2-c2cccs2)n1. The lowest BCUT2D eigenvalue weighted by Crippen LogP contribution is -2.01. The number of nitrogens with two attached hydrogens (primary N) is 1. The maximum absolute atomic E-state index is 5.73. The first-order valence-electron chi connectivity index (χ1n) is 5.40. The summed E-state index contributed by atoms with van der Waals surface area (Å²) in [4.78, 5) is 5.55. The molecule has 2 N–H and O–H groups in total. The molecular formula is C11H11N5S2. The van der Waals surface area contributed by atoms with Gasteiger partial charge in [0.2, 0.25) is 5.13 Å². The van der Waals surface area contributed by atoms with Crippen LogP contribution in [0.25, 0.3) is 15.7 Å². The van der Waals surface area contributed by atoms with Gasteiger partial charge in [-0.3, -0.25) is 0 Å². The van der Waals surface area contributed by atoms with Gasteiger partial charge in [-0.1, -0.05) is 11.3 Å². The minimum atomic E-state index is 0.373. The Kier molecular flexibility index (Phi) is 2.94. The molecule has 0 aliphatic rings. The van der Waals surface area contributed by atoms with Gasteiger partial charge in [0.1, 0.15) is 11.4 Å². The molecular weight excluding hydrogens is 266 g/mol. The number of hydrogen-bond acceptors (Lipinski definition) is 6. The summed E-state index contributed by atoms with van der Waals surface area (Å²) in [6.07, 6.45) is 0. The average molecular weight is 277 g/mol. The van der Waals surface area contributed by atoms with Crippen LogP contribution in [0.15, 0.2) is 22.9 Å². The molecule has 92 valence electrons. The van der Waals surface area contributed by atoms with Crippen molar-refractivity contribution in [2.24, 2.45) is 5.73 Å². The third-order valence-corrected chi connectivity index (χ3v) is 4.29. The quantitative estimate of drug-likeness (QED) is 0.797. The van der Waals surface area contributed by atoms with Crippen molar-refractivity contribution in [2.75, 3.05) is 0 Å². The number of hydrogen-bond donors (Lipinski definition) is 1. The lowest BCUT2D eigenvalue weighted by Gasteiger charge is -2.01. The van der Waals surface area contributed by atoms with Gasteiger partial charge in [0.15, 0.2) is 0 Å². The van der Waals surface area contributed by atoms with Gasteiger partial charge < -0.3 is 5.73 Å². The van der Waals surface area contributed by atoms with Gasteiger partial charge >= 0.3 is 0 Å². The summed E-state index contributed by atoms with van der Waals surface area (Å²) >= 11 is 3.20. The molecule has 0 spiro atoms. The third-order valence-electron chi connectivity index (χ3n) is 2.48. The molecule has 0 radical (unpaired) electrons. The molecule has 0 aliphatic carbocycles. The fourth-order valence-electron chi connectivity index (χ4n) is 1.68. The predicted molar refractivity (Wildman–Crippen MR) is 73.0 cm³/mol. The fraction of sp³-hybridized carbons (Fsp3) is 0.182. The number of aromatic nitrogens is 4. The first-order chi connectivity index (χ1) is 8.79. The van der Waals surface area contributed by atoms with E-state index in [1.54, 1.807) is 27.4 Å². The van der Waals surface area contributed by atoms with E-state index in [4.69, 9.17) is 5.73 Å². The molecule has 5 nitrogen and oxygen atoms in total. The maximum atomic E-state index is 5.73. The Bertz CT molecular complexity index is 653. The Labute approximate surface area is 112 Å². The minimum absolute atomic E-state index is 0.373. The molecule has 3 aromatic rings. The van der Waals surface area contributed by atoms with Crippen LogP contribution in [0.2, 0.25) is 0 Å². The number of nitrogens with zero attached hydrogens (tertiary/aromatic N) is 4. The molecule has 3 heterocycles. The summed E-state index contributed by atoms with van der Waals surface area (Å²) < 4.78 is 1.77. The summed E-state index contributed by atoms with van der Waals surface area (Å²) in [6.45, 7) is 2.34. The second-order valence-corrected chi connectivity index (χ2v) is 5.53. The van der Waals surface area contributed by atoms with Crippen LogP contribution >= 0.6 is 22.7 Å². The van der Waals surface area contributed by atoms with Gasteiger partial charge in [0, 0.05) is 11.9 Å². The molecule has 0 aromatic carbocycles. The molecule has 0 amide bonds. The highest BCUT2D eigenvalue weighted by Crippen LogP contribution is 2.29. The van der Waals surface area contributed by atoms with Crippen molar-refractivity contribution in [3.05, 3.63) is 34.3 Å². The maximum Gasteiger partial charge on any atom is 0.212 e. The normalized spacial score (nSPS) is 11.0. The molecule has 0 aliphatic heterocycles. The van der Waals surface area contributed by atoms with Crippen LogP contribution in [0.1, 0.15) is 11.4 Å². The Hall–Kier alpha value is -1.57. The first-order valence-corrected chi connectivity index (χ1v) is 7.16. The van der Waals surface area contributed by atoms with Crippen LogP contribution in [0.5, 0.6) is 0 Å². The Morgan fingerprint density at radius 3 is 2.89 bits per heavy atom. The second-order valence-electron chi connectivity index (χ2n) is 3.75. The summed E-state index contributed by atoms with van der Waals surface area (Å²) in [7, 11) is 0. The van der Waals surface area contributed by atoms with Crippen LogP contribution in [-0.2, 0) is 6.54 Å². The van der Waals surface area contributed by atoms with Crippen molar-refractivity contribution in [1.29, 1.82) is 0 Å². The number of rotatable bonds is 3. The average Bonchev–Trinajstić information content (AvgIpc) is 3.07. The molecule has 0 saturated carbocycles. The van der Waals surface area contributed by atoms with Crippen molar-refractivity contribution in [1.82, 2.24) is 20.0 Å². The smallest absolute Gasteiger partial charge is 0.212 e. The molecule has 3 aromatic heterocycles. The Balaban J connectivity index is 2.19. The minimum Gasteiger partial charge on any atom is -0.325 e. The molecule has 0 bridgehead atoms. The van der Waals surface area contributed by atoms with E-state index in [2.05, 4.69) is 15.3 Å². The van der Waals surface area contributed by atoms with E-state index in [9.17, 15) is 0 Å². The summed E-state index contributed by atoms with van der Waals surface area (Å²) in [5, 5.41) is 13.2. The fourth-order valence-corrected chi connectivity index (χ4v) is 3.21. The van der Waals surface area contributed by atoms with Gasteiger partial charge in [-0.25, -0.2) is 4.98 Å². The van der Waals surface area contributed by atoms with E-state index in [1.165, 1.54) is 0 Å². The van der Waals surface area contributed by atoms with Gasteiger partial charge in [-0.15, -0.1) is 27.8 Å². The van der Waals surface area contributed by atoms with Crippen LogP contribution < -0.4 is 5.73 Å². The molecule has 0 atom stereocenters. The van der Waals surface area contributed by atoms with E-state index in [0.717, 1.165) is 27.1 Å². The molecule has 0 saturated heterocycles. The molecule has 18 heavy (non-hydrogen) atoms. The van der Waals surface area contributed by atoms with Crippen molar-refractivity contribution < 1.29 is 0 Å². The second kappa shape index (κ2) is 4.60. The summed E-state index contributed by atoms with van der Waals surface area (Å²) in [5.41, 5.74) is 8.45. The van der Waals surface area contributed by atoms with Crippen LogP contribution in [0.3, 0.4) is 0 Å². The molecule has 3 rings (SSSR count). The van der Waals surface area contributed by atoms with Crippen LogP contribution in [0, 0.1) is 6.92 Å². The van der Waals surface area contributed by atoms with E-state index < -0.39 is 0 Å². The molecule has 0 unspecified atom stereocenters. The van der Waals surface area contributed by atoms with Crippen molar-refractivity contribution in [3.8, 4) is 15.7 Å². The first kappa shape index (κ1) is 11.5. The number of thiazole rings is 1. The Morgan fingerprint density at radius 2 is 2.28 bits per heavy atom. The van der Waals surface area contributed by atoms with Gasteiger partial charge in [-0.2, -0.15) is 4.68 Å². The van der Waals surface area contributed by atoms with Crippen LogP contribution in [0.4, 0.5) is 0 Å². The Morgan fingerprint density at radius 1 is 1.39 bits per heavy atom. The standard InChI is InChI=1S/C11H11N5S2/c1-7-6-18-11(13-7)16-10(8(5-12)14-15-16)9-3-2-4-17-9/h2-4,6H,5,12H2,1H3. The topological polar surface area (TPSA) is 69.6 Å². The third kappa shape index (κ3) is 1.86. The summed E-state index contributed by atoms with van der Waals surface area (Å²) in [5.74, 6) is 0. The molecule has 0 fully saturated rings. The predicted octanol–water partition coefficient (Wildman–Crippen LogP) is 2.22. The van der Waals surface area contributed by atoms with Gasteiger partial charge in [-0.05, 0) is 18.4 Å².